The highest BCUT2D eigenvalue weighted by Gasteiger charge is 2.62. The lowest BCUT2D eigenvalue weighted by molar-refractivity contribution is -0.363. The van der Waals surface area contributed by atoms with E-state index in [4.69, 9.17) is 18.9 Å². The molecule has 5 fully saturated rings. The van der Waals surface area contributed by atoms with Crippen molar-refractivity contribution in [3.05, 3.63) is 11.6 Å². The third kappa shape index (κ3) is 5.23. The van der Waals surface area contributed by atoms with E-state index in [0.29, 0.717) is 30.6 Å². The molecule has 4 aliphatic carbocycles. The van der Waals surface area contributed by atoms with E-state index in [1.807, 2.05) is 0 Å². The number of rotatable bonds is 5. The van der Waals surface area contributed by atoms with E-state index >= 15 is 0 Å². The minimum atomic E-state index is -1.60. The normalized spacial score (nSPS) is 55.8. The summed E-state index contributed by atoms with van der Waals surface area (Å²) in [5.41, 5.74) is 0.669. The first-order valence-electron chi connectivity index (χ1n) is 16.6. The maximum atomic E-state index is 12.6. The van der Waals surface area contributed by atoms with Crippen LogP contribution in [0.3, 0.4) is 0 Å². The highest BCUT2D eigenvalue weighted by atomic mass is 16.7. The molecular formula is C33H52O11. The summed E-state index contributed by atoms with van der Waals surface area (Å²) in [7, 11) is 0. The van der Waals surface area contributed by atoms with Gasteiger partial charge in [-0.15, -0.1) is 0 Å². The molecule has 0 bridgehead atoms. The Balaban J connectivity index is 1.25. The average molecular weight is 625 g/mol. The molecule has 0 aromatic rings. The minimum Gasteiger partial charge on any atom is -0.393 e. The number of carbonyl (C=O) groups is 1. The third-order valence-corrected chi connectivity index (χ3v) is 12.8. The Labute approximate surface area is 259 Å². The molecule has 6 rings (SSSR count). The van der Waals surface area contributed by atoms with Gasteiger partial charge in [-0.25, -0.2) is 0 Å². The van der Waals surface area contributed by atoms with Gasteiger partial charge in [0.15, 0.2) is 18.4 Å². The van der Waals surface area contributed by atoms with E-state index in [9.17, 15) is 35.4 Å². The predicted molar refractivity (Wildman–Crippen MR) is 156 cm³/mol. The van der Waals surface area contributed by atoms with Gasteiger partial charge in [0.1, 0.15) is 36.6 Å². The quantitative estimate of drug-likeness (QED) is 0.242. The van der Waals surface area contributed by atoms with Crippen LogP contribution in [0.1, 0.15) is 79.6 Å². The molecule has 2 heterocycles. The standard InChI is InChI=1S/C33H52O11/c1-14(34)19-6-7-20-18-13-23(22-12-17(35)8-10-33(22,5)21(18)9-11-32(19,20)4)43-31-28(40)29(25(37)16(3)42-31)44-30-27(39)26(38)24(36)15(2)41-30/h6,15-18,20-31,35-40H,7-13H2,1-5H3/t15-,16+,17-,18-,20-,21-,22+,23-,24-,25+,26+,27+,28+,29-,30-,31-,32+,33+/m0/s1. The van der Waals surface area contributed by atoms with Crippen LogP contribution in [0.5, 0.6) is 0 Å². The molecule has 0 radical (unpaired) electrons. The van der Waals surface area contributed by atoms with Crippen molar-refractivity contribution in [1.29, 1.82) is 0 Å². The lowest BCUT2D eigenvalue weighted by Gasteiger charge is -2.62. The number of ether oxygens (including phenoxy) is 4. The van der Waals surface area contributed by atoms with E-state index in [-0.39, 0.29) is 28.6 Å². The number of aliphatic hydroxyl groups excluding tert-OH is 6. The molecule has 44 heavy (non-hydrogen) atoms. The van der Waals surface area contributed by atoms with Crippen LogP contribution in [0, 0.1) is 34.5 Å². The number of fused-ring (bicyclic) bond motifs is 5. The van der Waals surface area contributed by atoms with Crippen LogP contribution in [0.15, 0.2) is 11.6 Å². The summed E-state index contributed by atoms with van der Waals surface area (Å²) in [6.45, 7) is 9.40. The second kappa shape index (κ2) is 11.9. The van der Waals surface area contributed by atoms with Gasteiger partial charge in [0, 0.05) is 0 Å². The number of Topliss-reactive ketones (excluding diaryl/α,β-unsaturated/α-hetero) is 1. The van der Waals surface area contributed by atoms with Gasteiger partial charge in [0.25, 0.3) is 0 Å². The number of aliphatic hydroxyl groups is 6. The fourth-order valence-corrected chi connectivity index (χ4v) is 10.2. The van der Waals surface area contributed by atoms with E-state index in [0.717, 1.165) is 37.7 Å². The lowest BCUT2D eigenvalue weighted by Crippen LogP contribution is -2.64. The van der Waals surface area contributed by atoms with Crippen molar-refractivity contribution in [3.8, 4) is 0 Å². The van der Waals surface area contributed by atoms with E-state index in [2.05, 4.69) is 19.9 Å². The second-order valence-electron chi connectivity index (χ2n) is 15.2. The Bertz CT molecular complexity index is 1120. The van der Waals surface area contributed by atoms with E-state index in [1.54, 1.807) is 13.8 Å². The molecule has 0 spiro atoms. The van der Waals surface area contributed by atoms with Crippen LogP contribution < -0.4 is 0 Å². The first kappa shape index (κ1) is 32.9. The fraction of sp³-hybridized carbons (Fsp3) is 0.909. The highest BCUT2D eigenvalue weighted by molar-refractivity contribution is 5.95. The van der Waals surface area contributed by atoms with Crippen LogP contribution >= 0.6 is 0 Å². The van der Waals surface area contributed by atoms with Gasteiger partial charge in [-0.1, -0.05) is 19.9 Å². The van der Waals surface area contributed by atoms with Gasteiger partial charge in [-0.3, -0.25) is 4.79 Å². The number of hydrogen-bond donors (Lipinski definition) is 6. The van der Waals surface area contributed by atoms with Crippen LogP contribution in [-0.4, -0.2) is 110 Å². The molecule has 2 aliphatic heterocycles. The Morgan fingerprint density at radius 2 is 1.45 bits per heavy atom. The maximum absolute atomic E-state index is 12.6. The summed E-state index contributed by atoms with van der Waals surface area (Å²) >= 11 is 0. The molecule has 0 unspecified atom stereocenters. The average Bonchev–Trinajstić information content (AvgIpc) is 3.34. The minimum absolute atomic E-state index is 0.0248. The molecule has 250 valence electrons. The van der Waals surface area contributed by atoms with Crippen molar-refractivity contribution >= 4 is 5.78 Å². The van der Waals surface area contributed by atoms with Gasteiger partial charge in [0.2, 0.25) is 0 Å². The molecule has 6 aliphatic rings. The number of carbonyl (C=O) groups excluding carboxylic acids is 1. The summed E-state index contributed by atoms with van der Waals surface area (Å²) in [4.78, 5) is 12.6. The zero-order valence-electron chi connectivity index (χ0n) is 26.5. The Morgan fingerprint density at radius 3 is 2.14 bits per heavy atom. The van der Waals surface area contributed by atoms with Crippen LogP contribution in [0.2, 0.25) is 0 Å². The second-order valence-corrected chi connectivity index (χ2v) is 15.2. The number of allylic oxidation sites excluding steroid dienone is 2. The summed E-state index contributed by atoms with van der Waals surface area (Å²) in [6, 6.07) is 0. The van der Waals surface area contributed by atoms with Gasteiger partial charge in [-0.05, 0) is 106 Å². The maximum Gasteiger partial charge on any atom is 0.187 e. The molecule has 0 aromatic carbocycles. The van der Waals surface area contributed by atoms with Crippen LogP contribution in [-0.2, 0) is 23.7 Å². The van der Waals surface area contributed by atoms with Gasteiger partial charge in [-0.2, -0.15) is 0 Å². The molecular weight excluding hydrogens is 572 g/mol. The first-order valence-corrected chi connectivity index (χ1v) is 16.6. The van der Waals surface area contributed by atoms with Crippen molar-refractivity contribution < 1.29 is 54.4 Å². The molecule has 18 atom stereocenters. The van der Waals surface area contributed by atoms with Crippen molar-refractivity contribution in [2.75, 3.05) is 0 Å². The first-order chi connectivity index (χ1) is 20.7. The molecule has 2 saturated heterocycles. The van der Waals surface area contributed by atoms with E-state index in [1.165, 1.54) is 6.92 Å². The molecule has 0 amide bonds. The highest BCUT2D eigenvalue weighted by Crippen LogP contribution is 2.66. The Kier molecular flexibility index (Phi) is 8.92. The summed E-state index contributed by atoms with van der Waals surface area (Å²) in [5.74, 6) is 1.19. The van der Waals surface area contributed by atoms with Crippen molar-refractivity contribution in [3.63, 3.8) is 0 Å². The van der Waals surface area contributed by atoms with Gasteiger partial charge >= 0.3 is 0 Å². The smallest absolute Gasteiger partial charge is 0.187 e. The molecule has 6 N–H and O–H groups in total. The molecule has 11 heteroatoms. The van der Waals surface area contributed by atoms with Crippen molar-refractivity contribution in [2.45, 2.75) is 153 Å². The SMILES string of the molecule is CC(=O)C1=CC[C@H]2[C@@H]3C[C@H](O[C@@H]4O[C@H](C)[C@@H](O)[C@H](O[C@@H]5O[C@@H](C)[C@H](O)[C@@H](O)[C@H]5O)[C@H]4O)[C@H]4C[C@@H](O)CC[C@]4(C)[C@H]3CC[C@]12C. The summed E-state index contributed by atoms with van der Waals surface area (Å²) < 4.78 is 24.2. The number of ketones is 1. The van der Waals surface area contributed by atoms with Crippen LogP contribution in [0.4, 0.5) is 0 Å². The fourth-order valence-electron chi connectivity index (χ4n) is 10.2. The Hall–Kier alpha value is -0.990. The topological polar surface area (TPSA) is 175 Å². The zero-order valence-corrected chi connectivity index (χ0v) is 26.5. The van der Waals surface area contributed by atoms with Gasteiger partial charge < -0.3 is 49.6 Å². The largest absolute Gasteiger partial charge is 0.393 e. The van der Waals surface area contributed by atoms with Crippen molar-refractivity contribution in [2.24, 2.45) is 34.5 Å². The van der Waals surface area contributed by atoms with E-state index < -0.39 is 67.5 Å². The predicted octanol–water partition coefficient (Wildman–Crippen LogP) is 1.19. The third-order valence-electron chi connectivity index (χ3n) is 12.8. The van der Waals surface area contributed by atoms with Crippen LogP contribution in [0.25, 0.3) is 0 Å². The summed E-state index contributed by atoms with van der Waals surface area (Å²) in [5, 5.41) is 64.1. The summed E-state index contributed by atoms with van der Waals surface area (Å²) in [6.07, 6.45) is -5.58. The molecule has 11 nitrogen and oxygen atoms in total. The molecule has 3 saturated carbocycles. The number of hydrogen-bond acceptors (Lipinski definition) is 11. The lowest BCUT2D eigenvalue weighted by atomic mass is 9.44. The van der Waals surface area contributed by atoms with Crippen molar-refractivity contribution in [1.82, 2.24) is 0 Å². The van der Waals surface area contributed by atoms with Gasteiger partial charge in [0.05, 0.1) is 24.4 Å². The molecule has 0 aromatic heterocycles. The zero-order chi connectivity index (χ0) is 31.9. The monoisotopic (exact) mass is 624 g/mol. The Morgan fingerprint density at radius 1 is 0.795 bits per heavy atom.